The topological polar surface area (TPSA) is 75.7 Å². The lowest BCUT2D eigenvalue weighted by Gasteiger charge is -2.12. The van der Waals surface area contributed by atoms with Crippen LogP contribution in [-0.2, 0) is 0 Å². The molecule has 0 atom stereocenters. The molecule has 0 unspecified atom stereocenters. The Hall–Kier alpha value is -2.80. The number of rotatable bonds is 9. The number of amides is 1. The Balaban J connectivity index is 2.00. The van der Waals surface area contributed by atoms with E-state index in [1.54, 1.807) is 44.7 Å². The Labute approximate surface area is 154 Å². The number of methoxy groups -OCH3 is 2. The molecule has 2 rings (SSSR count). The number of anilines is 2. The molecule has 2 aromatic rings. The predicted molar refractivity (Wildman–Crippen MR) is 103 cm³/mol. The van der Waals surface area contributed by atoms with Crippen LogP contribution in [0, 0.1) is 0 Å². The number of hydrogen-bond acceptors (Lipinski definition) is 6. The van der Waals surface area contributed by atoms with Crippen LogP contribution in [0.15, 0.2) is 36.5 Å². The molecule has 7 heteroatoms. The van der Waals surface area contributed by atoms with Crippen LogP contribution in [0.2, 0.25) is 0 Å². The van der Waals surface area contributed by atoms with E-state index in [-0.39, 0.29) is 5.91 Å². The van der Waals surface area contributed by atoms with E-state index in [9.17, 15) is 4.79 Å². The molecule has 2 N–H and O–H groups in total. The van der Waals surface area contributed by atoms with E-state index in [1.165, 1.54) is 0 Å². The van der Waals surface area contributed by atoms with Crippen LogP contribution < -0.4 is 20.1 Å². The lowest BCUT2D eigenvalue weighted by Crippen LogP contribution is -2.17. The number of pyridine rings is 1. The molecule has 0 saturated heterocycles. The molecule has 0 saturated carbocycles. The molecule has 0 aliphatic heterocycles. The summed E-state index contributed by atoms with van der Waals surface area (Å²) in [7, 11) is 7.21. The molecule has 0 fully saturated rings. The fourth-order valence-corrected chi connectivity index (χ4v) is 2.40. The largest absolute Gasteiger partial charge is 0.493 e. The fourth-order valence-electron chi connectivity index (χ4n) is 2.40. The Morgan fingerprint density at radius 1 is 1.08 bits per heavy atom. The monoisotopic (exact) mass is 358 g/mol. The van der Waals surface area contributed by atoms with Gasteiger partial charge in [-0.1, -0.05) is 0 Å². The highest BCUT2D eigenvalue weighted by atomic mass is 16.5. The van der Waals surface area contributed by atoms with Crippen molar-refractivity contribution in [1.29, 1.82) is 0 Å². The zero-order valence-corrected chi connectivity index (χ0v) is 15.7. The molecule has 0 aliphatic carbocycles. The van der Waals surface area contributed by atoms with Crippen LogP contribution in [0.4, 0.5) is 11.4 Å². The van der Waals surface area contributed by atoms with Gasteiger partial charge < -0.3 is 25.0 Å². The molecule has 1 aromatic carbocycles. The van der Waals surface area contributed by atoms with Crippen molar-refractivity contribution in [2.45, 2.75) is 6.42 Å². The molecule has 0 spiro atoms. The first-order valence-corrected chi connectivity index (χ1v) is 8.41. The zero-order valence-electron chi connectivity index (χ0n) is 15.7. The molecule has 0 aliphatic rings. The van der Waals surface area contributed by atoms with Crippen molar-refractivity contribution in [2.24, 2.45) is 0 Å². The maximum absolute atomic E-state index is 12.5. The number of nitrogens with zero attached hydrogens (tertiary/aromatic N) is 2. The van der Waals surface area contributed by atoms with Gasteiger partial charge in [-0.2, -0.15) is 0 Å². The Morgan fingerprint density at radius 2 is 1.85 bits per heavy atom. The number of nitrogens with one attached hydrogen (secondary N) is 2. The van der Waals surface area contributed by atoms with Gasteiger partial charge in [0.15, 0.2) is 11.5 Å². The summed E-state index contributed by atoms with van der Waals surface area (Å²) in [5, 5.41) is 6.13. The summed E-state index contributed by atoms with van der Waals surface area (Å²) in [4.78, 5) is 18.7. The lowest BCUT2D eigenvalue weighted by atomic mass is 10.2. The van der Waals surface area contributed by atoms with Crippen molar-refractivity contribution < 1.29 is 14.3 Å². The van der Waals surface area contributed by atoms with Gasteiger partial charge in [0.25, 0.3) is 5.91 Å². The predicted octanol–water partition coefficient (Wildman–Crippen LogP) is 2.71. The van der Waals surface area contributed by atoms with E-state index in [1.807, 2.05) is 20.2 Å². The highest BCUT2D eigenvalue weighted by molar-refractivity contribution is 6.03. The van der Waals surface area contributed by atoms with Crippen LogP contribution in [0.5, 0.6) is 11.5 Å². The van der Waals surface area contributed by atoms with E-state index in [4.69, 9.17) is 9.47 Å². The van der Waals surface area contributed by atoms with E-state index in [0.717, 1.165) is 25.2 Å². The highest BCUT2D eigenvalue weighted by Gasteiger charge is 2.11. The van der Waals surface area contributed by atoms with E-state index in [0.29, 0.717) is 22.9 Å². The normalized spacial score (nSPS) is 10.5. The number of ether oxygens (including phenoxy) is 2. The number of aromatic nitrogens is 1. The van der Waals surface area contributed by atoms with Gasteiger partial charge in [0.1, 0.15) is 5.69 Å². The van der Waals surface area contributed by atoms with Gasteiger partial charge in [-0.15, -0.1) is 0 Å². The summed E-state index contributed by atoms with van der Waals surface area (Å²) in [5.41, 5.74) is 1.83. The second-order valence-corrected chi connectivity index (χ2v) is 6.04. The molecular weight excluding hydrogens is 332 g/mol. The number of carbonyl (C=O) groups is 1. The molecule has 1 amide bonds. The van der Waals surface area contributed by atoms with E-state index in [2.05, 4.69) is 20.5 Å². The van der Waals surface area contributed by atoms with Gasteiger partial charge in [-0.25, -0.2) is 0 Å². The van der Waals surface area contributed by atoms with Gasteiger partial charge >= 0.3 is 0 Å². The summed E-state index contributed by atoms with van der Waals surface area (Å²) in [5.74, 6) is 0.872. The summed E-state index contributed by atoms with van der Waals surface area (Å²) < 4.78 is 10.4. The molecule has 1 heterocycles. The SMILES string of the molecule is COc1ccc(NC(=O)c2cc(NCCCN(C)C)ccn2)cc1OC. The third-order valence-electron chi connectivity index (χ3n) is 3.75. The van der Waals surface area contributed by atoms with Gasteiger partial charge in [0.05, 0.1) is 14.2 Å². The Morgan fingerprint density at radius 3 is 2.54 bits per heavy atom. The number of hydrogen-bond donors (Lipinski definition) is 2. The smallest absolute Gasteiger partial charge is 0.274 e. The molecule has 1 aromatic heterocycles. The van der Waals surface area contributed by atoms with Crippen molar-refractivity contribution in [1.82, 2.24) is 9.88 Å². The number of carbonyl (C=O) groups excluding carboxylic acids is 1. The van der Waals surface area contributed by atoms with Crippen molar-refractivity contribution in [3.8, 4) is 11.5 Å². The van der Waals surface area contributed by atoms with Crippen LogP contribution in [-0.4, -0.2) is 57.2 Å². The summed E-state index contributed by atoms with van der Waals surface area (Å²) in [6.45, 7) is 1.84. The van der Waals surface area contributed by atoms with Crippen LogP contribution in [0.1, 0.15) is 16.9 Å². The average Bonchev–Trinajstić information content (AvgIpc) is 2.65. The molecular formula is C19H26N4O3. The first-order valence-electron chi connectivity index (χ1n) is 8.41. The zero-order chi connectivity index (χ0) is 18.9. The highest BCUT2D eigenvalue weighted by Crippen LogP contribution is 2.29. The van der Waals surface area contributed by atoms with Crippen molar-refractivity contribution >= 4 is 17.3 Å². The van der Waals surface area contributed by atoms with Crippen LogP contribution >= 0.6 is 0 Å². The standard InChI is InChI=1S/C19H26N4O3/c1-23(2)11-5-9-20-14-8-10-21-16(12-14)19(24)22-15-6-7-17(25-3)18(13-15)26-4/h6-8,10,12-13H,5,9,11H2,1-4H3,(H,20,21)(H,22,24). The quantitative estimate of drug-likeness (QED) is 0.671. The molecule has 0 radical (unpaired) electrons. The summed E-state index contributed by atoms with van der Waals surface area (Å²) in [6, 6.07) is 8.79. The van der Waals surface area contributed by atoms with Crippen molar-refractivity contribution in [2.75, 3.05) is 52.0 Å². The molecule has 7 nitrogen and oxygen atoms in total. The third-order valence-corrected chi connectivity index (χ3v) is 3.75. The number of benzene rings is 1. The third kappa shape index (κ3) is 5.63. The second-order valence-electron chi connectivity index (χ2n) is 6.04. The first kappa shape index (κ1) is 19.5. The minimum Gasteiger partial charge on any atom is -0.493 e. The van der Waals surface area contributed by atoms with Gasteiger partial charge in [0.2, 0.25) is 0 Å². The maximum atomic E-state index is 12.5. The van der Waals surface area contributed by atoms with Crippen LogP contribution in [0.3, 0.4) is 0 Å². The molecule has 26 heavy (non-hydrogen) atoms. The van der Waals surface area contributed by atoms with Gasteiger partial charge in [-0.05, 0) is 51.3 Å². The Bertz CT molecular complexity index is 734. The second kappa shape index (κ2) is 9.62. The first-order chi connectivity index (χ1) is 12.5. The van der Waals surface area contributed by atoms with Gasteiger partial charge in [0, 0.05) is 30.2 Å². The van der Waals surface area contributed by atoms with Gasteiger partial charge in [-0.3, -0.25) is 9.78 Å². The fraction of sp³-hybridized carbons (Fsp3) is 0.368. The molecule has 140 valence electrons. The minimum atomic E-state index is -0.283. The van der Waals surface area contributed by atoms with E-state index >= 15 is 0 Å². The summed E-state index contributed by atoms with van der Waals surface area (Å²) in [6.07, 6.45) is 2.64. The molecule has 0 bridgehead atoms. The average molecular weight is 358 g/mol. The van der Waals surface area contributed by atoms with E-state index < -0.39 is 0 Å². The van der Waals surface area contributed by atoms with Crippen LogP contribution in [0.25, 0.3) is 0 Å². The maximum Gasteiger partial charge on any atom is 0.274 e. The minimum absolute atomic E-state index is 0.283. The van der Waals surface area contributed by atoms with Crippen molar-refractivity contribution in [3.05, 3.63) is 42.2 Å². The Kier molecular flexibility index (Phi) is 7.23. The summed E-state index contributed by atoms with van der Waals surface area (Å²) >= 11 is 0. The lowest BCUT2D eigenvalue weighted by molar-refractivity contribution is 0.102. The van der Waals surface area contributed by atoms with Crippen molar-refractivity contribution in [3.63, 3.8) is 0 Å².